The molecule has 0 fully saturated rings. The number of oxazole rings is 1. The van der Waals surface area contributed by atoms with Crippen molar-refractivity contribution in [2.24, 2.45) is 7.05 Å². The van der Waals surface area contributed by atoms with Gasteiger partial charge in [-0.25, -0.2) is 9.78 Å². The number of rotatable bonds is 4. The highest BCUT2D eigenvalue weighted by Gasteiger charge is 2.14. The molecular weight excluding hydrogens is 342 g/mol. The van der Waals surface area contributed by atoms with E-state index in [1.165, 1.54) is 0 Å². The number of carbonyl (C=O) groups excluding carboxylic acids is 1. The van der Waals surface area contributed by atoms with Crippen LogP contribution in [0.15, 0.2) is 53.2 Å². The van der Waals surface area contributed by atoms with Gasteiger partial charge >= 0.3 is 5.97 Å². The summed E-state index contributed by atoms with van der Waals surface area (Å²) in [4.78, 5) is 16.9. The van der Waals surface area contributed by atoms with Crippen molar-refractivity contribution in [1.29, 1.82) is 0 Å². The van der Waals surface area contributed by atoms with Crippen LogP contribution >= 0.6 is 0 Å². The average Bonchev–Trinajstić information content (AvgIpc) is 3.24. The first-order valence-electron chi connectivity index (χ1n) is 8.62. The van der Waals surface area contributed by atoms with Crippen molar-refractivity contribution in [2.75, 3.05) is 0 Å². The molecule has 0 aliphatic rings. The number of nitrogens with zero attached hydrogens (tertiary/aromatic N) is 3. The van der Waals surface area contributed by atoms with Gasteiger partial charge in [0.25, 0.3) is 0 Å². The minimum Gasteiger partial charge on any atom is -0.457 e. The quantitative estimate of drug-likeness (QED) is 0.510. The molecule has 0 amide bonds. The second-order valence-corrected chi connectivity index (χ2v) is 6.68. The molecule has 0 unspecified atom stereocenters. The van der Waals surface area contributed by atoms with Gasteiger partial charge in [0.2, 0.25) is 5.89 Å². The van der Waals surface area contributed by atoms with Crippen molar-refractivity contribution in [2.45, 2.75) is 20.5 Å². The zero-order valence-corrected chi connectivity index (χ0v) is 15.4. The molecule has 6 nitrogen and oxygen atoms in total. The molecule has 2 heterocycles. The van der Waals surface area contributed by atoms with Crippen LogP contribution < -0.4 is 0 Å². The first-order valence-corrected chi connectivity index (χ1v) is 8.62. The van der Waals surface area contributed by atoms with E-state index in [1.54, 1.807) is 29.1 Å². The Kier molecular flexibility index (Phi) is 4.24. The molecule has 4 aromatic rings. The molecule has 0 N–H and O–H groups in total. The van der Waals surface area contributed by atoms with Crippen molar-refractivity contribution in [3.8, 4) is 11.5 Å². The topological polar surface area (TPSA) is 70.2 Å². The fourth-order valence-electron chi connectivity index (χ4n) is 3.05. The van der Waals surface area contributed by atoms with Crippen molar-refractivity contribution in [3.05, 3.63) is 71.0 Å². The maximum Gasteiger partial charge on any atom is 0.338 e. The van der Waals surface area contributed by atoms with E-state index in [9.17, 15) is 4.79 Å². The molecule has 0 bridgehead atoms. The second-order valence-electron chi connectivity index (χ2n) is 6.68. The average molecular weight is 361 g/mol. The van der Waals surface area contributed by atoms with E-state index >= 15 is 0 Å². The second kappa shape index (κ2) is 6.72. The van der Waals surface area contributed by atoms with E-state index < -0.39 is 5.97 Å². The lowest BCUT2D eigenvalue weighted by Gasteiger charge is -2.02. The minimum absolute atomic E-state index is 0.176. The fourth-order valence-corrected chi connectivity index (χ4v) is 3.05. The van der Waals surface area contributed by atoms with Crippen molar-refractivity contribution >= 4 is 17.1 Å². The van der Waals surface area contributed by atoms with Gasteiger partial charge in [0, 0.05) is 24.4 Å². The standard InChI is InChI=1S/C21H19N3O3/c1-13-6-14(2)8-17(7-13)20-23-18-5-4-16(9-19(18)27-20)21(25)26-12-15-10-22-24(3)11-15/h4-11H,12H2,1-3H3. The highest BCUT2D eigenvalue weighted by Crippen LogP contribution is 2.26. The van der Waals surface area contributed by atoms with Gasteiger partial charge in [-0.3, -0.25) is 4.68 Å². The van der Waals surface area contributed by atoms with Gasteiger partial charge in [-0.15, -0.1) is 0 Å². The predicted molar refractivity (Wildman–Crippen MR) is 101 cm³/mol. The SMILES string of the molecule is Cc1cc(C)cc(-c2nc3ccc(C(=O)OCc4cnn(C)c4)cc3o2)c1. The molecule has 136 valence electrons. The largest absolute Gasteiger partial charge is 0.457 e. The van der Waals surface area contributed by atoms with Gasteiger partial charge < -0.3 is 9.15 Å². The number of benzene rings is 2. The Bertz CT molecular complexity index is 1120. The maximum absolute atomic E-state index is 12.3. The van der Waals surface area contributed by atoms with Crippen LogP contribution in [0.25, 0.3) is 22.6 Å². The number of esters is 1. The van der Waals surface area contributed by atoms with Crippen LogP contribution in [0.4, 0.5) is 0 Å². The summed E-state index contributed by atoms with van der Waals surface area (Å²) in [6.07, 6.45) is 3.48. The Hall–Kier alpha value is -3.41. The number of fused-ring (bicyclic) bond motifs is 1. The minimum atomic E-state index is -0.412. The molecule has 4 rings (SSSR count). The van der Waals surface area contributed by atoms with E-state index in [0.29, 0.717) is 22.6 Å². The highest BCUT2D eigenvalue weighted by atomic mass is 16.5. The molecule has 0 saturated carbocycles. The van der Waals surface area contributed by atoms with Gasteiger partial charge in [-0.05, 0) is 44.2 Å². The van der Waals surface area contributed by atoms with Crippen LogP contribution in [0.3, 0.4) is 0 Å². The molecule has 2 aromatic carbocycles. The first kappa shape index (κ1) is 17.0. The van der Waals surface area contributed by atoms with E-state index in [2.05, 4.69) is 16.1 Å². The maximum atomic E-state index is 12.3. The summed E-state index contributed by atoms with van der Waals surface area (Å²) < 4.78 is 12.9. The molecule has 0 aliphatic heterocycles. The lowest BCUT2D eigenvalue weighted by atomic mass is 10.1. The molecule has 6 heteroatoms. The van der Waals surface area contributed by atoms with Gasteiger partial charge in [-0.2, -0.15) is 5.10 Å². The zero-order valence-electron chi connectivity index (χ0n) is 15.4. The molecule has 27 heavy (non-hydrogen) atoms. The lowest BCUT2D eigenvalue weighted by molar-refractivity contribution is 0.0472. The summed E-state index contributed by atoms with van der Waals surface area (Å²) >= 11 is 0. The van der Waals surface area contributed by atoms with E-state index in [-0.39, 0.29) is 6.61 Å². The van der Waals surface area contributed by atoms with Gasteiger partial charge in [0.05, 0.1) is 11.8 Å². The van der Waals surface area contributed by atoms with Crippen molar-refractivity contribution in [1.82, 2.24) is 14.8 Å². The van der Waals surface area contributed by atoms with Crippen LogP contribution in [-0.2, 0) is 18.4 Å². The summed E-state index contributed by atoms with van der Waals surface area (Å²) in [6, 6.07) is 11.3. The van der Waals surface area contributed by atoms with Gasteiger partial charge in [0.15, 0.2) is 5.58 Å². The molecule has 0 spiro atoms. The molecule has 0 saturated heterocycles. The predicted octanol–water partition coefficient (Wildman–Crippen LogP) is 4.20. The molecule has 0 aliphatic carbocycles. The Morgan fingerprint density at radius 2 is 1.93 bits per heavy atom. The van der Waals surface area contributed by atoms with Crippen LogP contribution in [0.1, 0.15) is 27.0 Å². The molecule has 0 atom stereocenters. The molecule has 2 aromatic heterocycles. The summed E-state index contributed by atoms with van der Waals surface area (Å²) in [5.74, 6) is 0.128. The Morgan fingerprint density at radius 1 is 1.15 bits per heavy atom. The Balaban J connectivity index is 1.57. The third-order valence-corrected chi connectivity index (χ3v) is 4.22. The Morgan fingerprint density at radius 3 is 2.63 bits per heavy atom. The number of hydrogen-bond acceptors (Lipinski definition) is 5. The van der Waals surface area contributed by atoms with Crippen LogP contribution in [0, 0.1) is 13.8 Å². The number of ether oxygens (including phenoxy) is 1. The van der Waals surface area contributed by atoms with Gasteiger partial charge in [-0.1, -0.05) is 17.2 Å². The van der Waals surface area contributed by atoms with Gasteiger partial charge in [0.1, 0.15) is 12.1 Å². The van der Waals surface area contributed by atoms with Crippen LogP contribution in [0.5, 0.6) is 0 Å². The Labute approximate surface area is 156 Å². The summed E-state index contributed by atoms with van der Waals surface area (Å²) in [5, 5.41) is 4.05. The number of hydrogen-bond donors (Lipinski definition) is 0. The van der Waals surface area contributed by atoms with E-state index in [1.807, 2.05) is 39.2 Å². The monoisotopic (exact) mass is 361 g/mol. The summed E-state index contributed by atoms with van der Waals surface area (Å²) in [6.45, 7) is 4.25. The zero-order chi connectivity index (χ0) is 19.0. The number of aryl methyl sites for hydroxylation is 3. The highest BCUT2D eigenvalue weighted by molar-refractivity contribution is 5.93. The third-order valence-electron chi connectivity index (χ3n) is 4.22. The van der Waals surface area contributed by atoms with Crippen molar-refractivity contribution in [3.63, 3.8) is 0 Å². The van der Waals surface area contributed by atoms with Crippen LogP contribution in [-0.4, -0.2) is 20.7 Å². The number of carbonyl (C=O) groups is 1. The van der Waals surface area contributed by atoms with E-state index in [0.717, 1.165) is 22.3 Å². The molecule has 0 radical (unpaired) electrons. The lowest BCUT2D eigenvalue weighted by Crippen LogP contribution is -2.04. The fraction of sp³-hybridized carbons (Fsp3) is 0.190. The third kappa shape index (κ3) is 3.60. The van der Waals surface area contributed by atoms with Crippen molar-refractivity contribution < 1.29 is 13.9 Å². The summed E-state index contributed by atoms with van der Waals surface area (Å²) in [5.41, 5.74) is 5.73. The van der Waals surface area contributed by atoms with E-state index in [4.69, 9.17) is 9.15 Å². The first-order chi connectivity index (χ1) is 13.0. The smallest absolute Gasteiger partial charge is 0.338 e. The summed E-state index contributed by atoms with van der Waals surface area (Å²) in [7, 11) is 1.82. The molecular formula is C21H19N3O3. The van der Waals surface area contributed by atoms with Crippen LogP contribution in [0.2, 0.25) is 0 Å². The number of aromatic nitrogens is 3. The normalized spacial score (nSPS) is 11.1.